The Labute approximate surface area is 201 Å². The third kappa shape index (κ3) is 5.44. The second kappa shape index (κ2) is 10.2. The summed E-state index contributed by atoms with van der Waals surface area (Å²) in [6, 6.07) is 25.9. The van der Waals surface area contributed by atoms with Crippen molar-refractivity contribution in [2.45, 2.75) is 11.9 Å². The van der Waals surface area contributed by atoms with Gasteiger partial charge in [0.1, 0.15) is 5.03 Å². The highest BCUT2D eigenvalue weighted by molar-refractivity contribution is 8.00. The van der Waals surface area contributed by atoms with Crippen LogP contribution in [-0.2, 0) is 4.79 Å². The number of pyridine rings is 1. The molecular weight excluding hydrogens is 446 g/mol. The topological polar surface area (TPSA) is 105 Å². The van der Waals surface area contributed by atoms with Gasteiger partial charge in [-0.2, -0.15) is 0 Å². The zero-order valence-electron chi connectivity index (χ0n) is 18.5. The fraction of sp³-hybridized carbons (Fsp3) is 0.0741. The zero-order valence-corrected chi connectivity index (χ0v) is 19.3. The normalized spacial score (nSPS) is 10.6. The van der Waals surface area contributed by atoms with Crippen LogP contribution in [0.25, 0.3) is 22.4 Å². The van der Waals surface area contributed by atoms with E-state index in [2.05, 4.69) is 5.32 Å². The minimum Gasteiger partial charge on any atom is -0.478 e. The number of aromatic nitrogens is 1. The SMILES string of the molecule is Cc1ccc(-c2cc(-c3ccccc3)c(N)c(SCC(=O)Nc3ccc(C(=O)O)cc3)n2)cc1. The molecule has 4 aromatic rings. The Morgan fingerprint density at radius 1 is 0.941 bits per heavy atom. The lowest BCUT2D eigenvalue weighted by Crippen LogP contribution is -2.14. The fourth-order valence-electron chi connectivity index (χ4n) is 3.40. The number of hydrogen-bond acceptors (Lipinski definition) is 5. The Balaban J connectivity index is 1.58. The van der Waals surface area contributed by atoms with Crippen molar-refractivity contribution in [1.82, 2.24) is 4.98 Å². The Kier molecular flexibility index (Phi) is 6.94. The number of carboxylic acid groups (broad SMARTS) is 1. The van der Waals surface area contributed by atoms with Crippen LogP contribution in [0.15, 0.2) is 90.0 Å². The molecule has 3 aromatic carbocycles. The number of rotatable bonds is 7. The van der Waals surface area contributed by atoms with E-state index in [1.54, 1.807) is 12.1 Å². The minimum absolute atomic E-state index is 0.101. The highest BCUT2D eigenvalue weighted by Gasteiger charge is 2.15. The van der Waals surface area contributed by atoms with Crippen molar-refractivity contribution in [3.8, 4) is 22.4 Å². The number of aryl methyl sites for hydroxylation is 1. The number of nitrogens with zero attached hydrogens (tertiary/aromatic N) is 1. The number of hydrogen-bond donors (Lipinski definition) is 3. The maximum absolute atomic E-state index is 12.5. The van der Waals surface area contributed by atoms with E-state index in [1.165, 1.54) is 23.9 Å². The number of benzene rings is 3. The Morgan fingerprint density at radius 2 is 1.62 bits per heavy atom. The standard InChI is InChI=1S/C27H23N3O3S/c1-17-7-9-19(10-8-17)23-15-22(18-5-3-2-4-6-18)25(28)26(30-23)34-16-24(31)29-21-13-11-20(12-14-21)27(32)33/h2-15H,16,28H2,1H3,(H,29,31)(H,32,33). The van der Waals surface area contributed by atoms with Crippen molar-refractivity contribution in [1.29, 1.82) is 0 Å². The number of nitrogen functional groups attached to an aromatic ring is 1. The summed E-state index contributed by atoms with van der Waals surface area (Å²) in [6.07, 6.45) is 0. The molecule has 1 aromatic heterocycles. The van der Waals surface area contributed by atoms with Crippen LogP contribution in [0.1, 0.15) is 15.9 Å². The highest BCUT2D eigenvalue weighted by Crippen LogP contribution is 2.36. The van der Waals surface area contributed by atoms with Crippen LogP contribution in [0.5, 0.6) is 0 Å². The summed E-state index contributed by atoms with van der Waals surface area (Å²) < 4.78 is 0. The molecule has 4 rings (SSSR count). The summed E-state index contributed by atoms with van der Waals surface area (Å²) in [5, 5.41) is 12.4. The fourth-order valence-corrected chi connectivity index (χ4v) is 4.17. The molecule has 0 saturated heterocycles. The number of carbonyl (C=O) groups is 2. The number of aromatic carboxylic acids is 1. The molecule has 0 unspecified atom stereocenters. The monoisotopic (exact) mass is 469 g/mol. The van der Waals surface area contributed by atoms with Gasteiger partial charge in [0.25, 0.3) is 0 Å². The van der Waals surface area contributed by atoms with Gasteiger partial charge in [0, 0.05) is 16.8 Å². The lowest BCUT2D eigenvalue weighted by atomic mass is 10.0. The molecule has 0 aliphatic heterocycles. The van der Waals surface area contributed by atoms with Crippen molar-refractivity contribution in [2.24, 2.45) is 0 Å². The molecule has 0 fully saturated rings. The van der Waals surface area contributed by atoms with Gasteiger partial charge in [-0.25, -0.2) is 9.78 Å². The number of amides is 1. The summed E-state index contributed by atoms with van der Waals surface area (Å²) in [5.74, 6) is -1.15. The molecule has 0 saturated carbocycles. The van der Waals surface area contributed by atoms with Gasteiger partial charge >= 0.3 is 5.97 Å². The molecule has 0 aliphatic carbocycles. The first kappa shape index (κ1) is 23.1. The summed E-state index contributed by atoms with van der Waals surface area (Å²) >= 11 is 1.26. The van der Waals surface area contributed by atoms with E-state index in [9.17, 15) is 9.59 Å². The Hall–Kier alpha value is -4.10. The van der Waals surface area contributed by atoms with Gasteiger partial charge in [0.2, 0.25) is 5.91 Å². The van der Waals surface area contributed by atoms with Crippen LogP contribution in [0, 0.1) is 6.92 Å². The first-order valence-electron chi connectivity index (χ1n) is 10.6. The molecule has 0 atom stereocenters. The van der Waals surface area contributed by atoms with Crippen molar-refractivity contribution in [2.75, 3.05) is 16.8 Å². The third-order valence-electron chi connectivity index (χ3n) is 5.21. The minimum atomic E-state index is -1.02. The highest BCUT2D eigenvalue weighted by atomic mass is 32.2. The third-order valence-corrected chi connectivity index (χ3v) is 6.20. The Bertz CT molecular complexity index is 1320. The molecule has 4 N–H and O–H groups in total. The van der Waals surface area contributed by atoms with Gasteiger partial charge in [0.15, 0.2) is 0 Å². The van der Waals surface area contributed by atoms with E-state index in [4.69, 9.17) is 15.8 Å². The van der Waals surface area contributed by atoms with E-state index in [0.717, 1.165) is 27.9 Å². The van der Waals surface area contributed by atoms with Crippen LogP contribution in [0.4, 0.5) is 11.4 Å². The number of anilines is 2. The van der Waals surface area contributed by atoms with Gasteiger partial charge in [-0.15, -0.1) is 0 Å². The average molecular weight is 470 g/mol. The van der Waals surface area contributed by atoms with Crippen molar-refractivity contribution >= 4 is 35.0 Å². The first-order valence-corrected chi connectivity index (χ1v) is 11.6. The second-order valence-corrected chi connectivity index (χ2v) is 8.69. The quantitative estimate of drug-likeness (QED) is 0.298. The summed E-state index contributed by atoms with van der Waals surface area (Å²) in [5.41, 5.74) is 12.4. The zero-order chi connectivity index (χ0) is 24.1. The van der Waals surface area contributed by atoms with E-state index in [-0.39, 0.29) is 17.2 Å². The largest absolute Gasteiger partial charge is 0.478 e. The summed E-state index contributed by atoms with van der Waals surface area (Å²) in [7, 11) is 0. The Morgan fingerprint density at radius 3 is 2.26 bits per heavy atom. The van der Waals surface area contributed by atoms with Crippen LogP contribution >= 0.6 is 11.8 Å². The lowest BCUT2D eigenvalue weighted by molar-refractivity contribution is -0.113. The van der Waals surface area contributed by atoms with Crippen LogP contribution < -0.4 is 11.1 Å². The van der Waals surface area contributed by atoms with Crippen molar-refractivity contribution in [3.63, 3.8) is 0 Å². The molecule has 0 spiro atoms. The first-order chi connectivity index (χ1) is 16.4. The van der Waals surface area contributed by atoms with E-state index < -0.39 is 5.97 Å². The van der Waals surface area contributed by atoms with Gasteiger partial charge in [-0.05, 0) is 42.8 Å². The maximum Gasteiger partial charge on any atom is 0.335 e. The molecule has 0 bridgehead atoms. The molecule has 0 radical (unpaired) electrons. The van der Waals surface area contributed by atoms with Crippen molar-refractivity contribution in [3.05, 3.63) is 96.1 Å². The van der Waals surface area contributed by atoms with E-state index in [0.29, 0.717) is 16.4 Å². The van der Waals surface area contributed by atoms with Crippen LogP contribution in [-0.4, -0.2) is 27.7 Å². The number of carbonyl (C=O) groups excluding carboxylic acids is 1. The molecule has 170 valence electrons. The molecule has 1 heterocycles. The number of nitrogens with two attached hydrogens (primary N) is 1. The molecular formula is C27H23N3O3S. The second-order valence-electron chi connectivity index (χ2n) is 7.73. The van der Waals surface area contributed by atoms with Gasteiger partial charge in [-0.1, -0.05) is 71.9 Å². The lowest BCUT2D eigenvalue weighted by Gasteiger charge is -2.14. The predicted molar refractivity (Wildman–Crippen MR) is 137 cm³/mol. The predicted octanol–water partition coefficient (Wildman–Crippen LogP) is 5.74. The number of thioether (sulfide) groups is 1. The molecule has 34 heavy (non-hydrogen) atoms. The van der Waals surface area contributed by atoms with Crippen LogP contribution in [0.2, 0.25) is 0 Å². The average Bonchev–Trinajstić information content (AvgIpc) is 2.85. The number of carboxylic acids is 1. The van der Waals surface area contributed by atoms with E-state index >= 15 is 0 Å². The summed E-state index contributed by atoms with van der Waals surface area (Å²) in [4.78, 5) is 28.3. The van der Waals surface area contributed by atoms with E-state index in [1.807, 2.05) is 67.6 Å². The van der Waals surface area contributed by atoms with Crippen molar-refractivity contribution < 1.29 is 14.7 Å². The number of nitrogens with one attached hydrogen (secondary N) is 1. The van der Waals surface area contributed by atoms with Gasteiger partial charge in [-0.3, -0.25) is 4.79 Å². The molecule has 1 amide bonds. The van der Waals surface area contributed by atoms with Crippen LogP contribution in [0.3, 0.4) is 0 Å². The van der Waals surface area contributed by atoms with Gasteiger partial charge < -0.3 is 16.2 Å². The van der Waals surface area contributed by atoms with Gasteiger partial charge in [0.05, 0.1) is 22.7 Å². The summed E-state index contributed by atoms with van der Waals surface area (Å²) in [6.45, 7) is 2.03. The molecule has 6 nitrogen and oxygen atoms in total. The molecule has 0 aliphatic rings. The smallest absolute Gasteiger partial charge is 0.335 e. The molecule has 7 heteroatoms. The maximum atomic E-state index is 12.5.